The summed E-state index contributed by atoms with van der Waals surface area (Å²) in [6.45, 7) is 1.67. The zero-order valence-corrected chi connectivity index (χ0v) is 7.01. The summed E-state index contributed by atoms with van der Waals surface area (Å²) in [5, 5.41) is 25.5. The molecule has 0 aliphatic heterocycles. The van der Waals surface area contributed by atoms with Crippen molar-refractivity contribution in [2.24, 2.45) is 0 Å². The van der Waals surface area contributed by atoms with Crippen LogP contribution >= 0.6 is 0 Å². The van der Waals surface area contributed by atoms with Crippen LogP contribution in [-0.4, -0.2) is 38.2 Å². The average molecular weight is 171 g/mol. The standard InChI is InChI=1S/C7H13N3O2/c1-2-7(3-11,4-12)10-5-8-9-6-10/h5-6,11-12H,2-4H2,1H3. The second-order valence-electron chi connectivity index (χ2n) is 2.76. The van der Waals surface area contributed by atoms with E-state index in [9.17, 15) is 0 Å². The molecule has 0 bridgehead atoms. The molecule has 0 fully saturated rings. The summed E-state index contributed by atoms with van der Waals surface area (Å²) in [7, 11) is 0. The van der Waals surface area contributed by atoms with Gasteiger partial charge in [0.1, 0.15) is 12.7 Å². The molecule has 0 aliphatic rings. The highest BCUT2D eigenvalue weighted by Crippen LogP contribution is 2.18. The average Bonchev–Trinajstić information content (AvgIpc) is 2.62. The summed E-state index contributed by atoms with van der Waals surface area (Å²) in [5.74, 6) is 0. The van der Waals surface area contributed by atoms with E-state index in [-0.39, 0.29) is 13.2 Å². The number of hydrogen-bond acceptors (Lipinski definition) is 4. The van der Waals surface area contributed by atoms with Crippen LogP contribution in [0, 0.1) is 0 Å². The quantitative estimate of drug-likeness (QED) is 0.632. The van der Waals surface area contributed by atoms with Crippen molar-refractivity contribution >= 4 is 0 Å². The molecule has 1 rings (SSSR count). The van der Waals surface area contributed by atoms with E-state index in [4.69, 9.17) is 10.2 Å². The lowest BCUT2D eigenvalue weighted by Crippen LogP contribution is -2.39. The highest BCUT2D eigenvalue weighted by molar-refractivity contribution is 4.86. The lowest BCUT2D eigenvalue weighted by Gasteiger charge is -2.29. The molecule has 5 heteroatoms. The van der Waals surface area contributed by atoms with E-state index < -0.39 is 5.54 Å². The fourth-order valence-electron chi connectivity index (χ4n) is 1.07. The smallest absolute Gasteiger partial charge is 0.119 e. The van der Waals surface area contributed by atoms with Gasteiger partial charge in [-0.2, -0.15) is 0 Å². The Hall–Kier alpha value is -0.940. The fourth-order valence-corrected chi connectivity index (χ4v) is 1.07. The summed E-state index contributed by atoms with van der Waals surface area (Å²) in [4.78, 5) is 0. The highest BCUT2D eigenvalue weighted by Gasteiger charge is 2.28. The zero-order valence-electron chi connectivity index (χ0n) is 7.01. The molecule has 0 saturated carbocycles. The zero-order chi connectivity index (χ0) is 9.03. The van der Waals surface area contributed by atoms with Crippen LogP contribution in [0.25, 0.3) is 0 Å². The minimum Gasteiger partial charge on any atom is -0.394 e. The number of hydrogen-bond donors (Lipinski definition) is 2. The van der Waals surface area contributed by atoms with Crippen LogP contribution in [-0.2, 0) is 5.54 Å². The van der Waals surface area contributed by atoms with Crippen molar-refractivity contribution in [2.45, 2.75) is 18.9 Å². The van der Waals surface area contributed by atoms with Crippen molar-refractivity contribution in [1.29, 1.82) is 0 Å². The third-order valence-corrected chi connectivity index (χ3v) is 2.21. The molecule has 0 atom stereocenters. The maximum atomic E-state index is 9.11. The van der Waals surface area contributed by atoms with Crippen molar-refractivity contribution in [3.63, 3.8) is 0 Å². The van der Waals surface area contributed by atoms with Crippen molar-refractivity contribution in [2.75, 3.05) is 13.2 Å². The van der Waals surface area contributed by atoms with Gasteiger partial charge in [-0.1, -0.05) is 6.92 Å². The Morgan fingerprint density at radius 3 is 2.08 bits per heavy atom. The maximum Gasteiger partial charge on any atom is 0.119 e. The normalized spacial score (nSPS) is 11.9. The van der Waals surface area contributed by atoms with Crippen molar-refractivity contribution < 1.29 is 10.2 Å². The molecule has 0 radical (unpaired) electrons. The largest absolute Gasteiger partial charge is 0.394 e. The van der Waals surface area contributed by atoms with Gasteiger partial charge in [0, 0.05) is 0 Å². The predicted molar refractivity (Wildman–Crippen MR) is 42.5 cm³/mol. The Kier molecular flexibility index (Phi) is 2.78. The molecule has 5 nitrogen and oxygen atoms in total. The lowest BCUT2D eigenvalue weighted by atomic mass is 9.98. The monoisotopic (exact) mass is 171 g/mol. The van der Waals surface area contributed by atoms with Crippen LogP contribution in [0.1, 0.15) is 13.3 Å². The van der Waals surface area contributed by atoms with Gasteiger partial charge in [0.15, 0.2) is 0 Å². The van der Waals surface area contributed by atoms with Crippen LogP contribution < -0.4 is 0 Å². The number of nitrogens with zero attached hydrogens (tertiary/aromatic N) is 3. The number of rotatable bonds is 4. The first-order valence-corrected chi connectivity index (χ1v) is 3.86. The minimum absolute atomic E-state index is 0.113. The molecule has 12 heavy (non-hydrogen) atoms. The SMILES string of the molecule is CCC(CO)(CO)n1cnnc1. The first-order valence-electron chi connectivity index (χ1n) is 3.86. The van der Waals surface area contributed by atoms with E-state index in [1.54, 1.807) is 4.57 Å². The summed E-state index contributed by atoms with van der Waals surface area (Å²) in [6, 6.07) is 0. The van der Waals surface area contributed by atoms with Crippen molar-refractivity contribution in [3.8, 4) is 0 Å². The molecule has 1 aromatic rings. The Morgan fingerprint density at radius 1 is 1.25 bits per heavy atom. The minimum atomic E-state index is -0.649. The second-order valence-corrected chi connectivity index (χ2v) is 2.76. The summed E-state index contributed by atoms with van der Waals surface area (Å²) in [6.07, 6.45) is 3.63. The Morgan fingerprint density at radius 2 is 1.75 bits per heavy atom. The number of aromatic nitrogens is 3. The first-order chi connectivity index (χ1) is 5.79. The Bertz CT molecular complexity index is 210. The van der Waals surface area contributed by atoms with E-state index in [1.807, 2.05) is 6.92 Å². The van der Waals surface area contributed by atoms with Crippen LogP contribution in [0.15, 0.2) is 12.7 Å². The van der Waals surface area contributed by atoms with Crippen LogP contribution in [0.5, 0.6) is 0 Å². The van der Waals surface area contributed by atoms with Gasteiger partial charge >= 0.3 is 0 Å². The van der Waals surface area contributed by atoms with Crippen LogP contribution in [0.2, 0.25) is 0 Å². The van der Waals surface area contributed by atoms with E-state index in [0.29, 0.717) is 6.42 Å². The molecular weight excluding hydrogens is 158 g/mol. The van der Waals surface area contributed by atoms with Gasteiger partial charge in [-0.15, -0.1) is 10.2 Å². The molecule has 68 valence electrons. The summed E-state index contributed by atoms with van der Waals surface area (Å²) in [5.41, 5.74) is -0.649. The molecule has 0 unspecified atom stereocenters. The van der Waals surface area contributed by atoms with Gasteiger partial charge in [0.2, 0.25) is 0 Å². The summed E-state index contributed by atoms with van der Waals surface area (Å²) >= 11 is 0. The van der Waals surface area contributed by atoms with E-state index in [0.717, 1.165) is 0 Å². The second kappa shape index (κ2) is 3.64. The van der Waals surface area contributed by atoms with E-state index in [2.05, 4.69) is 10.2 Å². The number of aliphatic hydroxyl groups excluding tert-OH is 2. The number of aliphatic hydroxyl groups is 2. The van der Waals surface area contributed by atoms with Crippen molar-refractivity contribution in [1.82, 2.24) is 14.8 Å². The molecule has 0 aliphatic carbocycles. The first kappa shape index (κ1) is 9.15. The van der Waals surface area contributed by atoms with Gasteiger partial charge in [-0.25, -0.2) is 0 Å². The topological polar surface area (TPSA) is 71.2 Å². The van der Waals surface area contributed by atoms with Gasteiger partial charge in [-0.05, 0) is 6.42 Å². The molecule has 1 aromatic heterocycles. The van der Waals surface area contributed by atoms with Gasteiger partial charge in [0.25, 0.3) is 0 Å². The van der Waals surface area contributed by atoms with Crippen LogP contribution in [0.3, 0.4) is 0 Å². The molecule has 0 amide bonds. The Balaban J connectivity index is 2.93. The maximum absolute atomic E-state index is 9.11. The van der Waals surface area contributed by atoms with Gasteiger partial charge in [-0.3, -0.25) is 0 Å². The van der Waals surface area contributed by atoms with Gasteiger partial charge < -0.3 is 14.8 Å². The van der Waals surface area contributed by atoms with Gasteiger partial charge in [0.05, 0.1) is 18.8 Å². The van der Waals surface area contributed by atoms with E-state index >= 15 is 0 Å². The Labute approximate surface area is 70.7 Å². The molecule has 1 heterocycles. The highest BCUT2D eigenvalue weighted by atomic mass is 16.3. The molecular formula is C7H13N3O2. The third-order valence-electron chi connectivity index (χ3n) is 2.21. The molecule has 0 saturated heterocycles. The van der Waals surface area contributed by atoms with E-state index in [1.165, 1.54) is 12.7 Å². The molecule has 0 spiro atoms. The molecule has 2 N–H and O–H groups in total. The third kappa shape index (κ3) is 1.33. The predicted octanol–water partition coefficient (Wildman–Crippen LogP) is -0.632. The van der Waals surface area contributed by atoms with Crippen molar-refractivity contribution in [3.05, 3.63) is 12.7 Å². The fraction of sp³-hybridized carbons (Fsp3) is 0.714. The summed E-state index contributed by atoms with van der Waals surface area (Å²) < 4.78 is 1.63. The molecule has 0 aromatic carbocycles. The lowest BCUT2D eigenvalue weighted by molar-refractivity contribution is 0.0595. The van der Waals surface area contributed by atoms with Crippen LogP contribution in [0.4, 0.5) is 0 Å².